The summed E-state index contributed by atoms with van der Waals surface area (Å²) in [6.45, 7) is 2.46. The van der Waals surface area contributed by atoms with Crippen LogP contribution in [0.2, 0.25) is 0 Å². The highest BCUT2D eigenvalue weighted by Gasteiger charge is 2.24. The van der Waals surface area contributed by atoms with E-state index in [1.807, 2.05) is 17.5 Å². The molecule has 5 heterocycles. The molecule has 5 rings (SSSR count). The van der Waals surface area contributed by atoms with E-state index in [4.69, 9.17) is 9.26 Å². The van der Waals surface area contributed by atoms with Gasteiger partial charge in [-0.3, -0.25) is 9.36 Å². The first-order chi connectivity index (χ1) is 13.6. The van der Waals surface area contributed by atoms with Crippen LogP contribution in [0.25, 0.3) is 20.9 Å². The van der Waals surface area contributed by atoms with Gasteiger partial charge in [-0.05, 0) is 30.4 Å². The van der Waals surface area contributed by atoms with Crippen molar-refractivity contribution < 1.29 is 14.1 Å². The van der Waals surface area contributed by atoms with E-state index in [-0.39, 0.29) is 12.2 Å². The number of hydrogen-bond acceptors (Lipinski definition) is 8. The van der Waals surface area contributed by atoms with E-state index < -0.39 is 5.97 Å². The predicted octanol–water partition coefficient (Wildman–Crippen LogP) is 3.79. The fourth-order valence-electron chi connectivity index (χ4n) is 3.39. The first-order valence-electron chi connectivity index (χ1n) is 8.81. The topological polar surface area (TPSA) is 87.2 Å². The highest BCUT2D eigenvalue weighted by Crippen LogP contribution is 2.30. The number of thiophene rings is 2. The number of ether oxygens (including phenoxy) is 1. The van der Waals surface area contributed by atoms with Gasteiger partial charge >= 0.3 is 5.97 Å². The van der Waals surface area contributed by atoms with Gasteiger partial charge in [-0.15, -0.1) is 22.7 Å². The maximum absolute atomic E-state index is 12.7. The summed E-state index contributed by atoms with van der Waals surface area (Å²) in [5, 5.41) is 6.42. The second-order valence-electron chi connectivity index (χ2n) is 6.56. The number of rotatable bonds is 4. The third-order valence-electron chi connectivity index (χ3n) is 4.77. The minimum atomic E-state index is -0.481. The van der Waals surface area contributed by atoms with Crippen molar-refractivity contribution in [2.45, 2.75) is 32.9 Å². The Morgan fingerprint density at radius 2 is 2.32 bits per heavy atom. The number of hydrogen-bond donors (Lipinski definition) is 0. The van der Waals surface area contributed by atoms with Crippen molar-refractivity contribution in [1.29, 1.82) is 0 Å². The summed E-state index contributed by atoms with van der Waals surface area (Å²) in [6, 6.07) is 5.62. The smallest absolute Gasteiger partial charge is 0.349 e. The molecular formula is C19H15N3O4S2. The number of aromatic nitrogens is 3. The van der Waals surface area contributed by atoms with Crippen LogP contribution in [0.3, 0.4) is 0 Å². The van der Waals surface area contributed by atoms with Crippen LogP contribution in [0.5, 0.6) is 0 Å². The highest BCUT2D eigenvalue weighted by molar-refractivity contribution is 7.20. The standard InChI is InChI=1S/C19H15N3O4S2/c1-10-15-17(20-14-5-2-6-22(14)18(15)23)28-16(10)19(24)25-9-11-8-12(26-21-11)13-4-3-7-27-13/h3-4,7-8H,2,5-6,9H2,1H3. The van der Waals surface area contributed by atoms with Gasteiger partial charge in [0.25, 0.3) is 5.56 Å². The van der Waals surface area contributed by atoms with Crippen molar-refractivity contribution in [3.63, 3.8) is 0 Å². The Kier molecular flexibility index (Phi) is 4.13. The van der Waals surface area contributed by atoms with Crippen molar-refractivity contribution in [3.05, 3.63) is 55.9 Å². The van der Waals surface area contributed by atoms with Gasteiger partial charge in [0.15, 0.2) is 5.76 Å². The van der Waals surface area contributed by atoms with E-state index >= 15 is 0 Å². The largest absolute Gasteiger partial charge is 0.455 e. The minimum absolute atomic E-state index is 0.00427. The highest BCUT2D eigenvalue weighted by atomic mass is 32.1. The lowest BCUT2D eigenvalue weighted by Gasteiger charge is -2.02. The minimum Gasteiger partial charge on any atom is -0.455 e. The number of carbonyl (C=O) groups excluding carboxylic acids is 1. The summed E-state index contributed by atoms with van der Waals surface area (Å²) in [6.07, 6.45) is 1.72. The predicted molar refractivity (Wildman–Crippen MR) is 106 cm³/mol. The van der Waals surface area contributed by atoms with Gasteiger partial charge in [0.2, 0.25) is 0 Å². The van der Waals surface area contributed by atoms with Crippen LogP contribution < -0.4 is 5.56 Å². The SMILES string of the molecule is Cc1c(C(=O)OCc2cc(-c3cccs3)on2)sc2nc3n(c(=O)c12)CCC3. The Labute approximate surface area is 167 Å². The summed E-state index contributed by atoms with van der Waals surface area (Å²) in [7, 11) is 0. The van der Waals surface area contributed by atoms with Crippen molar-refractivity contribution in [3.8, 4) is 10.6 Å². The Hall–Kier alpha value is -2.78. The van der Waals surface area contributed by atoms with Crippen LogP contribution in [0.15, 0.2) is 32.9 Å². The molecule has 0 N–H and O–H groups in total. The first kappa shape index (κ1) is 17.3. The van der Waals surface area contributed by atoms with Crippen molar-refractivity contribution in [2.75, 3.05) is 0 Å². The van der Waals surface area contributed by atoms with Gasteiger partial charge in [-0.25, -0.2) is 9.78 Å². The van der Waals surface area contributed by atoms with E-state index in [9.17, 15) is 9.59 Å². The molecule has 1 aliphatic heterocycles. The molecule has 4 aromatic rings. The quantitative estimate of drug-likeness (QED) is 0.473. The van der Waals surface area contributed by atoms with Gasteiger partial charge in [0.1, 0.15) is 27.8 Å². The van der Waals surface area contributed by atoms with Crippen LogP contribution in [0.4, 0.5) is 0 Å². The molecule has 7 nitrogen and oxygen atoms in total. The Bertz CT molecular complexity index is 1250. The van der Waals surface area contributed by atoms with Gasteiger partial charge in [0, 0.05) is 19.0 Å². The fraction of sp³-hybridized carbons (Fsp3) is 0.263. The Balaban J connectivity index is 1.39. The van der Waals surface area contributed by atoms with Crippen LogP contribution >= 0.6 is 22.7 Å². The lowest BCUT2D eigenvalue weighted by atomic mass is 10.2. The van der Waals surface area contributed by atoms with E-state index in [0.29, 0.717) is 38.7 Å². The molecule has 0 radical (unpaired) electrons. The molecule has 0 saturated heterocycles. The molecule has 0 amide bonds. The molecular weight excluding hydrogens is 398 g/mol. The van der Waals surface area contributed by atoms with E-state index in [1.165, 1.54) is 11.3 Å². The Morgan fingerprint density at radius 1 is 1.43 bits per heavy atom. The van der Waals surface area contributed by atoms with Crippen LogP contribution in [0, 0.1) is 6.92 Å². The van der Waals surface area contributed by atoms with E-state index in [1.54, 1.807) is 28.9 Å². The average molecular weight is 413 g/mol. The number of fused-ring (bicyclic) bond motifs is 2. The molecule has 0 unspecified atom stereocenters. The molecule has 0 aliphatic carbocycles. The molecule has 0 spiro atoms. The third-order valence-corrected chi connectivity index (χ3v) is 6.82. The fourth-order valence-corrected chi connectivity index (χ4v) is 5.15. The van der Waals surface area contributed by atoms with Crippen molar-refractivity contribution in [2.24, 2.45) is 0 Å². The maximum Gasteiger partial charge on any atom is 0.349 e. The zero-order valence-electron chi connectivity index (χ0n) is 14.9. The van der Waals surface area contributed by atoms with Crippen LogP contribution in [-0.4, -0.2) is 20.7 Å². The molecule has 0 bridgehead atoms. The molecule has 28 heavy (non-hydrogen) atoms. The van der Waals surface area contributed by atoms with Crippen molar-refractivity contribution >= 4 is 38.9 Å². The molecule has 0 atom stereocenters. The average Bonchev–Trinajstić information content (AvgIpc) is 3.46. The molecule has 1 aliphatic rings. The summed E-state index contributed by atoms with van der Waals surface area (Å²) in [5.74, 6) is 0.957. The van der Waals surface area contributed by atoms with Crippen LogP contribution in [0.1, 0.15) is 33.2 Å². The molecule has 0 aromatic carbocycles. The number of esters is 1. The first-order valence-corrected chi connectivity index (χ1v) is 10.5. The van der Waals surface area contributed by atoms with Crippen LogP contribution in [-0.2, 0) is 24.3 Å². The molecule has 4 aromatic heterocycles. The number of carbonyl (C=O) groups is 1. The van der Waals surface area contributed by atoms with E-state index in [2.05, 4.69) is 10.1 Å². The molecule has 9 heteroatoms. The van der Waals surface area contributed by atoms with Gasteiger partial charge in [-0.1, -0.05) is 11.2 Å². The zero-order valence-corrected chi connectivity index (χ0v) is 16.6. The van der Waals surface area contributed by atoms with Gasteiger partial charge in [0.05, 0.1) is 10.3 Å². The molecule has 0 fully saturated rings. The second kappa shape index (κ2) is 6.68. The lowest BCUT2D eigenvalue weighted by molar-refractivity contribution is 0.0469. The van der Waals surface area contributed by atoms with E-state index in [0.717, 1.165) is 23.5 Å². The second-order valence-corrected chi connectivity index (χ2v) is 8.51. The zero-order chi connectivity index (χ0) is 19.3. The number of nitrogens with zero attached hydrogens (tertiary/aromatic N) is 3. The van der Waals surface area contributed by atoms with Crippen molar-refractivity contribution in [1.82, 2.24) is 14.7 Å². The summed E-state index contributed by atoms with van der Waals surface area (Å²) in [5.41, 5.74) is 1.10. The molecule has 142 valence electrons. The van der Waals surface area contributed by atoms with Gasteiger partial charge < -0.3 is 9.26 Å². The van der Waals surface area contributed by atoms with Gasteiger partial charge in [-0.2, -0.15) is 0 Å². The number of aryl methyl sites for hydroxylation is 2. The third kappa shape index (κ3) is 2.78. The summed E-state index contributed by atoms with van der Waals surface area (Å²) in [4.78, 5) is 31.9. The summed E-state index contributed by atoms with van der Waals surface area (Å²) >= 11 is 2.76. The molecule has 0 saturated carbocycles. The normalized spacial score (nSPS) is 13.2. The summed E-state index contributed by atoms with van der Waals surface area (Å²) < 4.78 is 12.4. The monoisotopic (exact) mass is 413 g/mol. The maximum atomic E-state index is 12.7. The lowest BCUT2D eigenvalue weighted by Crippen LogP contribution is -2.20. The Morgan fingerprint density at radius 3 is 3.14 bits per heavy atom.